The molecule has 6 heteroatoms. The van der Waals surface area contributed by atoms with Crippen molar-refractivity contribution >= 4 is 17.5 Å². The van der Waals surface area contributed by atoms with Gasteiger partial charge in [-0.25, -0.2) is 4.79 Å². The molecule has 0 heterocycles. The number of esters is 1. The molecular formula is C14H14O6. The van der Waals surface area contributed by atoms with Crippen LogP contribution in [0.25, 0.3) is 5.76 Å². The third kappa shape index (κ3) is 3.88. The molecule has 0 bridgehead atoms. The van der Waals surface area contributed by atoms with Gasteiger partial charge >= 0.3 is 5.97 Å². The molecule has 0 amide bonds. The lowest BCUT2D eigenvalue weighted by Gasteiger charge is -2.06. The monoisotopic (exact) mass is 278 g/mol. The quantitative estimate of drug-likeness (QED) is 0.484. The van der Waals surface area contributed by atoms with Gasteiger partial charge in [0, 0.05) is 12.2 Å². The molecule has 6 nitrogen and oxygen atoms in total. The van der Waals surface area contributed by atoms with E-state index in [2.05, 4.69) is 4.74 Å². The molecular weight excluding hydrogens is 264 g/mol. The molecule has 0 aliphatic heterocycles. The summed E-state index contributed by atoms with van der Waals surface area (Å²) in [6, 6.07) is 6.54. The van der Waals surface area contributed by atoms with Crippen molar-refractivity contribution in [3.8, 4) is 5.75 Å². The summed E-state index contributed by atoms with van der Waals surface area (Å²) >= 11 is 0. The van der Waals surface area contributed by atoms with Gasteiger partial charge in [0.15, 0.2) is 5.78 Å². The molecule has 0 saturated carbocycles. The van der Waals surface area contributed by atoms with Crippen LogP contribution in [0.3, 0.4) is 0 Å². The predicted molar refractivity (Wildman–Crippen MR) is 71.3 cm³/mol. The number of benzene rings is 1. The minimum atomic E-state index is -1.04. The normalized spacial score (nSPS) is 11.9. The van der Waals surface area contributed by atoms with Crippen molar-refractivity contribution in [2.75, 3.05) is 14.2 Å². The predicted octanol–water partition coefficient (Wildman–Crippen LogP) is 1.78. The van der Waals surface area contributed by atoms with Crippen LogP contribution in [0.1, 0.15) is 5.56 Å². The number of hydrogen-bond donors (Lipinski definition) is 2. The van der Waals surface area contributed by atoms with Gasteiger partial charge < -0.3 is 19.7 Å². The molecule has 0 fully saturated rings. The average molecular weight is 278 g/mol. The highest BCUT2D eigenvalue weighted by atomic mass is 16.5. The summed E-state index contributed by atoms with van der Waals surface area (Å²) in [5, 5.41) is 19.0. The largest absolute Gasteiger partial charge is 0.507 e. The van der Waals surface area contributed by atoms with Gasteiger partial charge in [-0.05, 0) is 12.1 Å². The maximum Gasteiger partial charge on any atom is 0.373 e. The van der Waals surface area contributed by atoms with E-state index >= 15 is 0 Å². The standard InChI is InChI=1S/C14H14O6/c1-19-13-6-4-3-5-10(13)11(16)7-9(15)8-12(17)14(18)20-2/h3-8,16-17H,1-2H3/b11-7-,12-8-. The maximum atomic E-state index is 11.5. The van der Waals surface area contributed by atoms with E-state index in [9.17, 15) is 19.8 Å². The highest BCUT2D eigenvalue weighted by Gasteiger charge is 2.11. The Hall–Kier alpha value is -2.76. The van der Waals surface area contributed by atoms with Crippen molar-refractivity contribution in [3.63, 3.8) is 0 Å². The first-order valence-corrected chi connectivity index (χ1v) is 5.56. The second-order valence-corrected chi connectivity index (χ2v) is 3.65. The number of ether oxygens (including phenoxy) is 2. The van der Waals surface area contributed by atoms with Gasteiger partial charge in [0.1, 0.15) is 11.5 Å². The molecule has 1 rings (SSSR count). The van der Waals surface area contributed by atoms with E-state index in [0.717, 1.165) is 13.2 Å². The van der Waals surface area contributed by atoms with E-state index in [1.165, 1.54) is 7.11 Å². The van der Waals surface area contributed by atoms with E-state index < -0.39 is 17.5 Å². The third-order valence-electron chi connectivity index (χ3n) is 2.34. The number of aliphatic hydroxyl groups excluding tert-OH is 2. The summed E-state index contributed by atoms with van der Waals surface area (Å²) in [5.74, 6) is -2.61. The van der Waals surface area contributed by atoms with E-state index in [1.807, 2.05) is 0 Å². The van der Waals surface area contributed by atoms with Crippen LogP contribution in [-0.4, -0.2) is 36.2 Å². The van der Waals surface area contributed by atoms with E-state index in [0.29, 0.717) is 17.4 Å². The minimum absolute atomic E-state index is 0.314. The number of rotatable bonds is 5. The Bertz CT molecular complexity index is 571. The lowest BCUT2D eigenvalue weighted by Crippen LogP contribution is -2.06. The van der Waals surface area contributed by atoms with Gasteiger partial charge in [-0.15, -0.1) is 0 Å². The summed E-state index contributed by atoms with van der Waals surface area (Å²) in [4.78, 5) is 22.4. The number of carbonyl (C=O) groups excluding carboxylic acids is 2. The molecule has 0 unspecified atom stereocenters. The van der Waals surface area contributed by atoms with Gasteiger partial charge in [-0.2, -0.15) is 0 Å². The minimum Gasteiger partial charge on any atom is -0.507 e. The fourth-order valence-electron chi connectivity index (χ4n) is 1.41. The zero-order valence-electron chi connectivity index (χ0n) is 11.0. The number of aliphatic hydroxyl groups is 2. The van der Waals surface area contributed by atoms with Crippen LogP contribution in [0, 0.1) is 0 Å². The number of ketones is 1. The van der Waals surface area contributed by atoms with Crippen molar-refractivity contribution in [3.05, 3.63) is 47.7 Å². The van der Waals surface area contributed by atoms with Crippen molar-refractivity contribution < 1.29 is 29.3 Å². The number of hydrogen-bond acceptors (Lipinski definition) is 6. The number of allylic oxidation sites excluding steroid dienone is 2. The number of carbonyl (C=O) groups is 2. The van der Waals surface area contributed by atoms with Crippen LogP contribution in [0.4, 0.5) is 0 Å². The lowest BCUT2D eigenvalue weighted by atomic mass is 10.1. The Kier molecular flexibility index (Phi) is 5.34. The van der Waals surface area contributed by atoms with Crippen molar-refractivity contribution in [2.24, 2.45) is 0 Å². The van der Waals surface area contributed by atoms with E-state index in [1.54, 1.807) is 24.3 Å². The van der Waals surface area contributed by atoms with Gasteiger partial charge in [-0.1, -0.05) is 12.1 Å². The molecule has 106 valence electrons. The third-order valence-corrected chi connectivity index (χ3v) is 2.34. The summed E-state index contributed by atoms with van der Waals surface area (Å²) in [5.41, 5.74) is 0.314. The summed E-state index contributed by atoms with van der Waals surface area (Å²) in [6.45, 7) is 0. The topological polar surface area (TPSA) is 93.1 Å². The Balaban J connectivity index is 2.99. The summed E-state index contributed by atoms with van der Waals surface area (Å²) in [6.07, 6.45) is 1.51. The van der Waals surface area contributed by atoms with Crippen LogP contribution in [0.15, 0.2) is 42.2 Å². The molecule has 20 heavy (non-hydrogen) atoms. The Morgan fingerprint density at radius 2 is 1.75 bits per heavy atom. The second-order valence-electron chi connectivity index (χ2n) is 3.65. The lowest BCUT2D eigenvalue weighted by molar-refractivity contribution is -0.139. The highest BCUT2D eigenvalue weighted by molar-refractivity contribution is 6.06. The van der Waals surface area contributed by atoms with Gasteiger partial charge in [-0.3, -0.25) is 4.79 Å². The molecule has 0 spiro atoms. The van der Waals surface area contributed by atoms with Crippen molar-refractivity contribution in [2.45, 2.75) is 0 Å². The van der Waals surface area contributed by atoms with Crippen LogP contribution in [-0.2, 0) is 14.3 Å². The maximum absolute atomic E-state index is 11.5. The molecule has 1 aromatic rings. The fraction of sp³-hybridized carbons (Fsp3) is 0.143. The number of para-hydroxylation sites is 1. The Morgan fingerprint density at radius 3 is 2.35 bits per heavy atom. The Morgan fingerprint density at radius 1 is 1.10 bits per heavy atom. The van der Waals surface area contributed by atoms with Crippen molar-refractivity contribution in [1.82, 2.24) is 0 Å². The van der Waals surface area contributed by atoms with Crippen LogP contribution in [0.5, 0.6) is 5.75 Å². The molecule has 0 aliphatic carbocycles. The first-order chi connectivity index (χ1) is 9.49. The fourth-order valence-corrected chi connectivity index (χ4v) is 1.41. The molecule has 0 radical (unpaired) electrons. The smallest absolute Gasteiger partial charge is 0.373 e. The average Bonchev–Trinajstić information content (AvgIpc) is 2.45. The Labute approximate surface area is 115 Å². The molecule has 1 aromatic carbocycles. The summed E-state index contributed by atoms with van der Waals surface area (Å²) in [7, 11) is 2.50. The van der Waals surface area contributed by atoms with Gasteiger partial charge in [0.2, 0.25) is 5.76 Å². The zero-order chi connectivity index (χ0) is 15.1. The summed E-state index contributed by atoms with van der Waals surface area (Å²) < 4.78 is 9.26. The molecule has 0 saturated heterocycles. The SMILES string of the molecule is COC(=O)/C(O)=C/C(=O)/C=C(\O)c1ccccc1OC. The molecule has 0 aromatic heterocycles. The van der Waals surface area contributed by atoms with Crippen LogP contribution < -0.4 is 4.74 Å². The van der Waals surface area contributed by atoms with Crippen LogP contribution in [0.2, 0.25) is 0 Å². The zero-order valence-corrected chi connectivity index (χ0v) is 11.0. The van der Waals surface area contributed by atoms with Gasteiger partial charge in [0.25, 0.3) is 0 Å². The van der Waals surface area contributed by atoms with Crippen LogP contribution >= 0.6 is 0 Å². The second kappa shape index (κ2) is 6.98. The van der Waals surface area contributed by atoms with E-state index in [4.69, 9.17) is 4.74 Å². The molecule has 0 atom stereocenters. The first kappa shape index (κ1) is 15.3. The molecule has 0 aliphatic rings. The molecule has 2 N–H and O–H groups in total. The number of methoxy groups -OCH3 is 2. The first-order valence-electron chi connectivity index (χ1n) is 5.56. The highest BCUT2D eigenvalue weighted by Crippen LogP contribution is 2.23. The van der Waals surface area contributed by atoms with Crippen molar-refractivity contribution in [1.29, 1.82) is 0 Å². The van der Waals surface area contributed by atoms with Gasteiger partial charge in [0.05, 0.1) is 19.8 Å². The van der Waals surface area contributed by atoms with E-state index in [-0.39, 0.29) is 5.76 Å².